The Labute approximate surface area is 178 Å². The second-order valence-electron chi connectivity index (χ2n) is 6.22. The van der Waals surface area contributed by atoms with Crippen molar-refractivity contribution < 1.29 is 18.8 Å². The summed E-state index contributed by atoms with van der Waals surface area (Å²) < 4.78 is 19.8. The molecule has 4 aromatic rings. The average Bonchev–Trinajstić information content (AvgIpc) is 3.44. The van der Waals surface area contributed by atoms with Gasteiger partial charge in [-0.2, -0.15) is 0 Å². The molecule has 0 aliphatic rings. The number of nitro benzene ring substituents is 1. The van der Waals surface area contributed by atoms with Gasteiger partial charge in [0, 0.05) is 0 Å². The molecule has 0 aliphatic carbocycles. The van der Waals surface area contributed by atoms with Gasteiger partial charge in [-0.15, -0.1) is 16.4 Å². The van der Waals surface area contributed by atoms with Gasteiger partial charge in [-0.25, -0.2) is 14.1 Å². The maximum absolute atomic E-state index is 13.3. The molecule has 0 radical (unpaired) electrons. The van der Waals surface area contributed by atoms with E-state index in [1.54, 1.807) is 0 Å². The van der Waals surface area contributed by atoms with Crippen LogP contribution in [0.15, 0.2) is 60.0 Å². The molecule has 0 saturated heterocycles. The average molecular weight is 439 g/mol. The number of carbonyl (C=O) groups excluding carboxylic acids is 1. The fourth-order valence-electron chi connectivity index (χ4n) is 2.81. The minimum atomic E-state index is -0.730. The molecule has 31 heavy (non-hydrogen) atoms. The number of rotatable bonds is 6. The van der Waals surface area contributed by atoms with Crippen molar-refractivity contribution in [1.29, 1.82) is 0 Å². The van der Waals surface area contributed by atoms with E-state index in [1.807, 2.05) is 17.5 Å². The molecule has 9 nitrogen and oxygen atoms in total. The Hall–Kier alpha value is -4.12. The van der Waals surface area contributed by atoms with Crippen molar-refractivity contribution in [2.75, 3.05) is 12.4 Å². The van der Waals surface area contributed by atoms with Gasteiger partial charge in [-0.1, -0.05) is 6.07 Å². The van der Waals surface area contributed by atoms with E-state index in [2.05, 4.69) is 15.4 Å². The van der Waals surface area contributed by atoms with Crippen LogP contribution in [0.4, 0.5) is 15.8 Å². The van der Waals surface area contributed by atoms with Gasteiger partial charge in [0.25, 0.3) is 11.6 Å². The zero-order valence-corrected chi connectivity index (χ0v) is 16.8. The lowest BCUT2D eigenvalue weighted by Crippen LogP contribution is -2.15. The Balaban J connectivity index is 1.72. The fourth-order valence-corrected chi connectivity index (χ4v) is 3.51. The third-order valence-electron chi connectivity index (χ3n) is 4.27. The summed E-state index contributed by atoms with van der Waals surface area (Å²) in [6.07, 6.45) is 0. The van der Waals surface area contributed by atoms with Crippen LogP contribution in [0.5, 0.6) is 5.75 Å². The van der Waals surface area contributed by atoms with E-state index in [1.165, 1.54) is 65.6 Å². The summed E-state index contributed by atoms with van der Waals surface area (Å²) >= 11 is 1.40. The highest BCUT2D eigenvalue weighted by molar-refractivity contribution is 7.13. The molecular weight excluding hydrogens is 425 g/mol. The number of hydrogen-bond donors (Lipinski definition) is 1. The number of methoxy groups -OCH3 is 1. The largest absolute Gasteiger partial charge is 0.496 e. The van der Waals surface area contributed by atoms with Crippen LogP contribution in [-0.4, -0.2) is 32.7 Å². The van der Waals surface area contributed by atoms with E-state index < -0.39 is 16.6 Å². The Morgan fingerprint density at radius 1 is 1.23 bits per heavy atom. The highest BCUT2D eigenvalue weighted by Gasteiger charge is 2.23. The van der Waals surface area contributed by atoms with E-state index in [0.29, 0.717) is 11.5 Å². The molecule has 0 bridgehead atoms. The minimum Gasteiger partial charge on any atom is -0.496 e. The first-order valence-corrected chi connectivity index (χ1v) is 9.75. The zero-order chi connectivity index (χ0) is 22.0. The summed E-state index contributed by atoms with van der Waals surface area (Å²) in [6.45, 7) is 0. The predicted molar refractivity (Wildman–Crippen MR) is 112 cm³/mol. The number of anilines is 1. The van der Waals surface area contributed by atoms with Crippen molar-refractivity contribution in [3.8, 4) is 22.1 Å². The van der Waals surface area contributed by atoms with Crippen LogP contribution in [0.1, 0.15) is 10.6 Å². The molecule has 4 rings (SSSR count). The van der Waals surface area contributed by atoms with Crippen LogP contribution in [0.3, 0.4) is 0 Å². The van der Waals surface area contributed by atoms with Crippen molar-refractivity contribution in [2.45, 2.75) is 0 Å². The van der Waals surface area contributed by atoms with Crippen molar-refractivity contribution in [3.63, 3.8) is 0 Å². The van der Waals surface area contributed by atoms with Gasteiger partial charge in [0.2, 0.25) is 5.82 Å². The quantitative estimate of drug-likeness (QED) is 0.354. The van der Waals surface area contributed by atoms with Crippen LogP contribution >= 0.6 is 11.3 Å². The number of ether oxygens (including phenoxy) is 1. The Kier molecular flexibility index (Phi) is 5.41. The maximum atomic E-state index is 13.3. The molecule has 0 spiro atoms. The number of halogens is 1. The molecule has 11 heteroatoms. The number of nitrogens with one attached hydrogen (secondary N) is 1. The van der Waals surface area contributed by atoms with Gasteiger partial charge < -0.3 is 10.1 Å². The summed E-state index contributed by atoms with van der Waals surface area (Å²) in [4.78, 5) is 28.6. The monoisotopic (exact) mass is 439 g/mol. The van der Waals surface area contributed by atoms with E-state index in [0.717, 1.165) is 4.88 Å². The van der Waals surface area contributed by atoms with Crippen molar-refractivity contribution >= 4 is 28.6 Å². The van der Waals surface area contributed by atoms with Crippen molar-refractivity contribution in [3.05, 3.63) is 81.7 Å². The first kappa shape index (κ1) is 20.2. The Morgan fingerprint density at radius 2 is 2.00 bits per heavy atom. The molecule has 2 aromatic carbocycles. The standard InChI is InChI=1S/C20H14FN5O4S/c1-30-14-8-9-15(16(11-14)26(28)29)22-20(27)18-23-19(17-3-2-10-31-17)25(24-18)13-6-4-12(21)5-7-13/h2-11H,1H3,(H,22,27). The Bertz CT molecular complexity index is 1260. The van der Waals surface area contributed by atoms with E-state index in [9.17, 15) is 19.3 Å². The second kappa shape index (κ2) is 8.32. The molecule has 0 atom stereocenters. The molecule has 156 valence electrons. The number of nitro groups is 1. The molecular formula is C20H14FN5O4S. The lowest BCUT2D eigenvalue weighted by Gasteiger charge is -2.06. The number of nitrogens with zero attached hydrogens (tertiary/aromatic N) is 4. The van der Waals surface area contributed by atoms with Crippen molar-refractivity contribution in [2.24, 2.45) is 0 Å². The molecule has 2 heterocycles. The van der Waals surface area contributed by atoms with Gasteiger partial charge in [-0.05, 0) is 47.8 Å². The first-order valence-electron chi connectivity index (χ1n) is 8.87. The molecule has 1 amide bonds. The number of thiophene rings is 1. The van der Waals surface area contributed by atoms with Crippen LogP contribution in [0.2, 0.25) is 0 Å². The Morgan fingerprint density at radius 3 is 2.65 bits per heavy atom. The fraction of sp³-hybridized carbons (Fsp3) is 0.0500. The van der Waals surface area contributed by atoms with Gasteiger partial charge in [0.15, 0.2) is 5.82 Å². The summed E-state index contributed by atoms with van der Waals surface area (Å²) in [5.74, 6) is -0.671. The smallest absolute Gasteiger partial charge is 0.296 e. The number of amides is 1. The molecule has 0 unspecified atom stereocenters. The van der Waals surface area contributed by atoms with Gasteiger partial charge in [0.05, 0.1) is 28.7 Å². The summed E-state index contributed by atoms with van der Waals surface area (Å²) in [5.41, 5.74) is 0.155. The zero-order valence-electron chi connectivity index (χ0n) is 16.0. The summed E-state index contributed by atoms with van der Waals surface area (Å²) in [5, 5.41) is 19.9. The maximum Gasteiger partial charge on any atom is 0.296 e. The third kappa shape index (κ3) is 4.12. The first-order chi connectivity index (χ1) is 15.0. The predicted octanol–water partition coefficient (Wildman–Crippen LogP) is 4.30. The van der Waals surface area contributed by atoms with E-state index in [4.69, 9.17) is 4.74 Å². The SMILES string of the molecule is COc1ccc(NC(=O)c2nc(-c3cccs3)n(-c3ccc(F)cc3)n2)c([N+](=O)[O-])c1. The number of aromatic nitrogens is 3. The van der Waals surface area contributed by atoms with E-state index >= 15 is 0 Å². The third-order valence-corrected chi connectivity index (χ3v) is 5.14. The van der Waals surface area contributed by atoms with Crippen LogP contribution in [-0.2, 0) is 0 Å². The number of benzene rings is 2. The van der Waals surface area contributed by atoms with Gasteiger partial charge in [0.1, 0.15) is 17.3 Å². The number of hydrogen-bond acceptors (Lipinski definition) is 7. The summed E-state index contributed by atoms with van der Waals surface area (Å²) in [6, 6.07) is 13.3. The summed E-state index contributed by atoms with van der Waals surface area (Å²) in [7, 11) is 1.38. The molecule has 0 fully saturated rings. The van der Waals surface area contributed by atoms with Crippen LogP contribution in [0.25, 0.3) is 16.4 Å². The number of carbonyl (C=O) groups is 1. The minimum absolute atomic E-state index is 0.0217. The van der Waals surface area contributed by atoms with Crippen LogP contribution in [0, 0.1) is 15.9 Å². The molecule has 0 saturated carbocycles. The van der Waals surface area contributed by atoms with Gasteiger partial charge in [-0.3, -0.25) is 14.9 Å². The molecule has 0 aliphatic heterocycles. The lowest BCUT2D eigenvalue weighted by atomic mass is 10.2. The van der Waals surface area contributed by atoms with Crippen molar-refractivity contribution in [1.82, 2.24) is 14.8 Å². The molecule has 2 aromatic heterocycles. The van der Waals surface area contributed by atoms with Gasteiger partial charge >= 0.3 is 0 Å². The second-order valence-corrected chi connectivity index (χ2v) is 7.17. The normalized spacial score (nSPS) is 10.6. The lowest BCUT2D eigenvalue weighted by molar-refractivity contribution is -0.384. The molecule has 1 N–H and O–H groups in total. The highest BCUT2D eigenvalue weighted by Crippen LogP contribution is 2.30. The van der Waals surface area contributed by atoms with E-state index in [-0.39, 0.29) is 22.9 Å². The highest BCUT2D eigenvalue weighted by atomic mass is 32.1. The van der Waals surface area contributed by atoms with Crippen LogP contribution < -0.4 is 10.1 Å². The topological polar surface area (TPSA) is 112 Å².